The van der Waals surface area contributed by atoms with E-state index in [9.17, 15) is 0 Å². The molecule has 0 amide bonds. The Labute approximate surface area is 160 Å². The summed E-state index contributed by atoms with van der Waals surface area (Å²) in [7, 11) is 0. The monoisotopic (exact) mass is 379 g/mol. The summed E-state index contributed by atoms with van der Waals surface area (Å²) in [4.78, 5) is 2.25. The number of hydrogen-bond acceptors (Lipinski definition) is 8. The predicted molar refractivity (Wildman–Crippen MR) is 102 cm³/mol. The molecule has 2 fully saturated rings. The third kappa shape index (κ3) is 5.44. The van der Waals surface area contributed by atoms with E-state index in [2.05, 4.69) is 20.8 Å². The molecule has 27 heavy (non-hydrogen) atoms. The summed E-state index contributed by atoms with van der Waals surface area (Å²) in [5, 5.41) is 10.4. The fraction of sp³-hybridized carbons (Fsp3) is 0.667. The number of ether oxygens (including phenoxy) is 4. The number of anilines is 1. The summed E-state index contributed by atoms with van der Waals surface area (Å²) in [6.07, 6.45) is 0. The summed E-state index contributed by atoms with van der Waals surface area (Å²) in [6, 6.07) is 3.88. The molecule has 2 saturated heterocycles. The number of hydrazine groups is 1. The lowest BCUT2D eigenvalue weighted by molar-refractivity contribution is 0.0110. The van der Waals surface area contributed by atoms with Gasteiger partial charge in [0.1, 0.15) is 17.2 Å². The lowest BCUT2D eigenvalue weighted by Crippen LogP contribution is -2.43. The van der Waals surface area contributed by atoms with Gasteiger partial charge in [-0.25, -0.2) is 10.5 Å². The zero-order chi connectivity index (χ0) is 18.9. The molecule has 0 aromatic heterocycles. The van der Waals surface area contributed by atoms with Crippen LogP contribution in [0.5, 0.6) is 11.5 Å². The van der Waals surface area contributed by atoms with Crippen LogP contribution >= 0.6 is 0 Å². The number of rotatable bonds is 8. The normalized spacial score (nSPS) is 18.7. The van der Waals surface area contributed by atoms with Crippen LogP contribution in [0.4, 0.5) is 11.4 Å². The third-order valence-corrected chi connectivity index (χ3v) is 4.35. The van der Waals surface area contributed by atoms with Gasteiger partial charge in [-0.05, 0) is 13.8 Å². The van der Waals surface area contributed by atoms with Gasteiger partial charge in [0.05, 0.1) is 45.3 Å². The molecule has 1 aromatic rings. The molecule has 9 nitrogen and oxygen atoms in total. The number of hydrogen-bond donors (Lipinski definition) is 1. The molecule has 2 aliphatic heterocycles. The predicted octanol–water partition coefficient (Wildman–Crippen LogP) is 2.16. The molecule has 0 saturated carbocycles. The largest absolute Gasteiger partial charge is 0.492 e. The highest BCUT2D eigenvalue weighted by atomic mass is 16.5. The minimum atomic E-state index is 0.552. The molecule has 1 aromatic carbocycles. The molecule has 0 radical (unpaired) electrons. The summed E-state index contributed by atoms with van der Waals surface area (Å²) in [6.45, 7) is 11.1. The maximum absolute atomic E-state index is 5.87. The zero-order valence-corrected chi connectivity index (χ0v) is 16.1. The maximum Gasteiger partial charge on any atom is 0.149 e. The lowest BCUT2D eigenvalue weighted by atomic mass is 10.2. The standard InChI is InChI=1S/C18H29N5O4/c1-3-26-17-14-16(22-5-9-24-10-6-22)18(27-4-2)13-15(17)19-20-21-23-7-11-25-12-8-23/h13-14H,3-12H2,1-2H3,(H,19,21). The van der Waals surface area contributed by atoms with Crippen LogP contribution in [0, 0.1) is 0 Å². The van der Waals surface area contributed by atoms with Gasteiger partial charge in [-0.2, -0.15) is 0 Å². The van der Waals surface area contributed by atoms with Crippen molar-refractivity contribution in [1.82, 2.24) is 10.5 Å². The molecule has 0 spiro atoms. The van der Waals surface area contributed by atoms with Crippen LogP contribution in [-0.4, -0.2) is 70.8 Å². The summed E-state index contributed by atoms with van der Waals surface area (Å²) in [5.41, 5.74) is 4.60. The van der Waals surface area contributed by atoms with Gasteiger partial charge < -0.3 is 23.8 Å². The van der Waals surface area contributed by atoms with Gasteiger partial charge >= 0.3 is 0 Å². The highest BCUT2D eigenvalue weighted by Crippen LogP contribution is 2.40. The fourth-order valence-corrected chi connectivity index (χ4v) is 3.01. The molecular weight excluding hydrogens is 350 g/mol. The van der Waals surface area contributed by atoms with E-state index in [0.717, 1.165) is 37.6 Å². The Morgan fingerprint density at radius 1 is 0.926 bits per heavy atom. The second kappa shape index (κ2) is 10.3. The number of nitrogens with one attached hydrogen (secondary N) is 1. The van der Waals surface area contributed by atoms with Crippen molar-refractivity contribution in [2.75, 3.05) is 70.7 Å². The second-order valence-corrected chi connectivity index (χ2v) is 6.15. The van der Waals surface area contributed by atoms with E-state index in [1.807, 2.05) is 31.0 Å². The summed E-state index contributed by atoms with van der Waals surface area (Å²) in [5.74, 6) is 1.47. The average molecular weight is 379 g/mol. The van der Waals surface area contributed by atoms with E-state index in [-0.39, 0.29) is 0 Å². The zero-order valence-electron chi connectivity index (χ0n) is 16.1. The minimum absolute atomic E-state index is 0.552. The molecule has 0 aliphatic carbocycles. The molecule has 2 aliphatic rings. The van der Waals surface area contributed by atoms with Crippen molar-refractivity contribution in [1.29, 1.82) is 0 Å². The van der Waals surface area contributed by atoms with Crippen LogP contribution in [0.1, 0.15) is 13.8 Å². The van der Waals surface area contributed by atoms with Gasteiger partial charge in [-0.15, -0.1) is 5.11 Å². The first-order valence-electron chi connectivity index (χ1n) is 9.57. The average Bonchev–Trinajstić information content (AvgIpc) is 2.71. The molecule has 150 valence electrons. The first kappa shape index (κ1) is 19.7. The first-order valence-corrected chi connectivity index (χ1v) is 9.57. The van der Waals surface area contributed by atoms with Crippen molar-refractivity contribution in [3.8, 4) is 11.5 Å². The van der Waals surface area contributed by atoms with Crippen molar-refractivity contribution < 1.29 is 18.9 Å². The van der Waals surface area contributed by atoms with E-state index in [0.29, 0.717) is 51.1 Å². The van der Waals surface area contributed by atoms with Gasteiger partial charge in [0.25, 0.3) is 0 Å². The van der Waals surface area contributed by atoms with E-state index in [4.69, 9.17) is 18.9 Å². The smallest absolute Gasteiger partial charge is 0.149 e. The van der Waals surface area contributed by atoms with Gasteiger partial charge in [-0.3, -0.25) is 0 Å². The maximum atomic E-state index is 5.87. The Kier molecular flexibility index (Phi) is 7.49. The number of morpholine rings is 2. The Hall–Kier alpha value is -2.10. The van der Waals surface area contributed by atoms with Gasteiger partial charge in [0.15, 0.2) is 0 Å². The lowest BCUT2D eigenvalue weighted by Gasteiger charge is -2.30. The Balaban J connectivity index is 1.81. The molecule has 0 unspecified atom stereocenters. The highest BCUT2D eigenvalue weighted by molar-refractivity contribution is 5.70. The molecule has 9 heteroatoms. The van der Waals surface area contributed by atoms with Crippen molar-refractivity contribution in [2.24, 2.45) is 10.3 Å². The van der Waals surface area contributed by atoms with Crippen LogP contribution in [0.3, 0.4) is 0 Å². The summed E-state index contributed by atoms with van der Waals surface area (Å²) >= 11 is 0. The number of benzene rings is 1. The minimum Gasteiger partial charge on any atom is -0.492 e. The van der Waals surface area contributed by atoms with Crippen molar-refractivity contribution in [2.45, 2.75) is 13.8 Å². The Morgan fingerprint density at radius 3 is 2.22 bits per heavy atom. The van der Waals surface area contributed by atoms with Crippen molar-refractivity contribution >= 4 is 11.4 Å². The quantitative estimate of drug-likeness (QED) is 0.548. The van der Waals surface area contributed by atoms with E-state index in [1.54, 1.807) is 0 Å². The molecule has 0 bridgehead atoms. The van der Waals surface area contributed by atoms with Gasteiger partial charge in [0.2, 0.25) is 0 Å². The van der Waals surface area contributed by atoms with Crippen LogP contribution in [-0.2, 0) is 9.47 Å². The first-order chi connectivity index (χ1) is 13.3. The highest BCUT2D eigenvalue weighted by Gasteiger charge is 2.19. The molecule has 2 heterocycles. The van der Waals surface area contributed by atoms with Crippen LogP contribution in [0.2, 0.25) is 0 Å². The summed E-state index contributed by atoms with van der Waals surface area (Å²) < 4.78 is 22.5. The topological polar surface area (TPSA) is 80.2 Å². The SMILES string of the molecule is CCOc1cc(N2CCOCC2)c(OCC)cc1N=NNN1CCOCC1. The Morgan fingerprint density at radius 2 is 1.56 bits per heavy atom. The fourth-order valence-electron chi connectivity index (χ4n) is 3.01. The molecule has 1 N–H and O–H groups in total. The third-order valence-electron chi connectivity index (χ3n) is 4.35. The van der Waals surface area contributed by atoms with Crippen LogP contribution in [0.25, 0.3) is 0 Å². The van der Waals surface area contributed by atoms with Crippen molar-refractivity contribution in [3.05, 3.63) is 12.1 Å². The van der Waals surface area contributed by atoms with Crippen molar-refractivity contribution in [3.63, 3.8) is 0 Å². The van der Waals surface area contributed by atoms with E-state index >= 15 is 0 Å². The van der Waals surface area contributed by atoms with Gasteiger partial charge in [0, 0.05) is 38.3 Å². The van der Waals surface area contributed by atoms with Gasteiger partial charge in [-0.1, -0.05) is 5.22 Å². The molecule has 3 rings (SSSR count). The Bertz CT molecular complexity index is 616. The van der Waals surface area contributed by atoms with E-state index in [1.165, 1.54) is 0 Å². The molecule has 0 atom stereocenters. The molecular formula is C18H29N5O4. The van der Waals surface area contributed by atoms with Crippen LogP contribution in [0.15, 0.2) is 22.5 Å². The number of nitrogens with zero attached hydrogens (tertiary/aromatic N) is 4. The second-order valence-electron chi connectivity index (χ2n) is 6.15. The van der Waals surface area contributed by atoms with E-state index < -0.39 is 0 Å². The van der Waals surface area contributed by atoms with Crippen LogP contribution < -0.4 is 19.9 Å².